The summed E-state index contributed by atoms with van der Waals surface area (Å²) >= 11 is 0. The molecule has 0 radical (unpaired) electrons. The molecule has 2 rings (SSSR count). The van der Waals surface area contributed by atoms with Crippen molar-refractivity contribution in [1.29, 1.82) is 0 Å². The van der Waals surface area contributed by atoms with Crippen molar-refractivity contribution >= 4 is 11.9 Å². The van der Waals surface area contributed by atoms with Crippen LogP contribution in [0.3, 0.4) is 0 Å². The zero-order valence-corrected chi connectivity index (χ0v) is 8.09. The van der Waals surface area contributed by atoms with E-state index in [2.05, 4.69) is 15.3 Å². The van der Waals surface area contributed by atoms with Crippen LogP contribution in [0.5, 0.6) is 0 Å². The van der Waals surface area contributed by atoms with Crippen LogP contribution < -0.4 is 0 Å². The fourth-order valence-electron chi connectivity index (χ4n) is 1.07. The number of benzene rings is 1. The van der Waals surface area contributed by atoms with Crippen molar-refractivity contribution < 1.29 is 4.92 Å². The van der Waals surface area contributed by atoms with E-state index < -0.39 is 4.92 Å². The van der Waals surface area contributed by atoms with E-state index in [-0.39, 0.29) is 5.69 Å². The topological polar surface area (TPSA) is 86.2 Å². The number of aromatic nitrogens is 3. The van der Waals surface area contributed by atoms with Gasteiger partial charge in [0.25, 0.3) is 5.69 Å². The summed E-state index contributed by atoms with van der Waals surface area (Å²) in [5, 5.41) is 21.6. The van der Waals surface area contributed by atoms with Gasteiger partial charge in [0.15, 0.2) is 0 Å². The van der Waals surface area contributed by atoms with Gasteiger partial charge < -0.3 is 0 Å². The molecule has 1 heterocycles. The predicted octanol–water partition coefficient (Wildman–Crippen LogP) is 1.07. The molecule has 0 aliphatic carbocycles. The number of hydrogen-bond donors (Lipinski definition) is 0. The molecule has 0 fully saturated rings. The van der Waals surface area contributed by atoms with Gasteiger partial charge in [-0.05, 0) is 17.7 Å². The van der Waals surface area contributed by atoms with E-state index in [1.807, 2.05) is 0 Å². The minimum Gasteiger partial charge on any atom is -0.258 e. The van der Waals surface area contributed by atoms with Crippen LogP contribution in [-0.2, 0) is 0 Å². The maximum atomic E-state index is 10.4. The fraction of sp³-hybridized carbons (Fsp3) is 0. The highest BCUT2D eigenvalue weighted by atomic mass is 16.6. The summed E-state index contributed by atoms with van der Waals surface area (Å²) in [7, 11) is 0. The highest BCUT2D eigenvalue weighted by molar-refractivity contribution is 5.79. The van der Waals surface area contributed by atoms with E-state index >= 15 is 0 Å². The lowest BCUT2D eigenvalue weighted by atomic mass is 10.2. The summed E-state index contributed by atoms with van der Waals surface area (Å²) in [5.74, 6) is 0. The Labute approximate surface area is 90.2 Å². The first-order valence-corrected chi connectivity index (χ1v) is 4.39. The summed E-state index contributed by atoms with van der Waals surface area (Å²) in [4.78, 5) is 9.96. The Morgan fingerprint density at radius 1 is 1.25 bits per heavy atom. The second-order valence-corrected chi connectivity index (χ2v) is 2.94. The Hall–Kier alpha value is -2.57. The first-order chi connectivity index (χ1) is 7.75. The molecule has 1 aromatic heterocycles. The zero-order valence-electron chi connectivity index (χ0n) is 8.09. The standard InChI is InChI=1S/C9H7N5O2/c15-14(16)9-3-1-8(2-4-9)5-12-13-6-10-11-7-13/h1-7H/b12-5+. The molecule has 0 amide bonds. The summed E-state index contributed by atoms with van der Waals surface area (Å²) in [5.41, 5.74) is 0.820. The monoisotopic (exact) mass is 217 g/mol. The Bertz CT molecular complexity index is 503. The van der Waals surface area contributed by atoms with E-state index in [9.17, 15) is 10.1 Å². The summed E-state index contributed by atoms with van der Waals surface area (Å²) in [6.07, 6.45) is 4.46. The molecule has 80 valence electrons. The first kappa shape index (κ1) is 9.97. The van der Waals surface area contributed by atoms with Gasteiger partial charge in [0.05, 0.1) is 11.1 Å². The maximum Gasteiger partial charge on any atom is 0.269 e. The highest BCUT2D eigenvalue weighted by Gasteiger charge is 2.02. The predicted molar refractivity (Wildman–Crippen MR) is 56.1 cm³/mol. The van der Waals surface area contributed by atoms with E-state index in [4.69, 9.17) is 0 Å². The molecular formula is C9H7N5O2. The van der Waals surface area contributed by atoms with Gasteiger partial charge in [-0.25, -0.2) is 4.68 Å². The largest absolute Gasteiger partial charge is 0.269 e. The molecule has 0 aliphatic heterocycles. The van der Waals surface area contributed by atoms with Crippen molar-refractivity contribution in [2.75, 3.05) is 0 Å². The minimum atomic E-state index is -0.444. The Morgan fingerprint density at radius 3 is 2.44 bits per heavy atom. The second-order valence-electron chi connectivity index (χ2n) is 2.94. The van der Waals surface area contributed by atoms with Gasteiger partial charge in [-0.1, -0.05) is 0 Å². The van der Waals surface area contributed by atoms with Crippen LogP contribution in [0.25, 0.3) is 0 Å². The molecule has 0 unspecified atom stereocenters. The summed E-state index contributed by atoms with van der Waals surface area (Å²) in [6.45, 7) is 0. The van der Waals surface area contributed by atoms with Crippen molar-refractivity contribution in [3.8, 4) is 0 Å². The smallest absolute Gasteiger partial charge is 0.258 e. The maximum absolute atomic E-state index is 10.4. The minimum absolute atomic E-state index is 0.0569. The third-order valence-electron chi connectivity index (χ3n) is 1.85. The molecule has 2 aromatic rings. The van der Waals surface area contributed by atoms with Crippen molar-refractivity contribution in [2.45, 2.75) is 0 Å². The lowest BCUT2D eigenvalue weighted by Crippen LogP contribution is -1.90. The molecule has 0 aliphatic rings. The van der Waals surface area contributed by atoms with Crippen molar-refractivity contribution in [1.82, 2.24) is 14.9 Å². The number of nitro groups is 1. The normalized spacial score (nSPS) is 10.8. The van der Waals surface area contributed by atoms with Crippen LogP contribution in [0.2, 0.25) is 0 Å². The molecule has 0 saturated carbocycles. The van der Waals surface area contributed by atoms with E-state index in [1.165, 1.54) is 29.5 Å². The fourth-order valence-corrected chi connectivity index (χ4v) is 1.07. The first-order valence-electron chi connectivity index (χ1n) is 4.39. The summed E-state index contributed by atoms with van der Waals surface area (Å²) in [6, 6.07) is 6.08. The second kappa shape index (κ2) is 4.30. The lowest BCUT2D eigenvalue weighted by Gasteiger charge is -1.93. The van der Waals surface area contributed by atoms with Crippen LogP contribution in [0.1, 0.15) is 5.56 Å². The number of non-ortho nitro benzene ring substituents is 1. The molecular weight excluding hydrogens is 210 g/mol. The van der Waals surface area contributed by atoms with Crippen LogP contribution in [-0.4, -0.2) is 26.0 Å². The quantitative estimate of drug-likeness (QED) is 0.437. The highest BCUT2D eigenvalue weighted by Crippen LogP contribution is 2.10. The molecule has 0 atom stereocenters. The van der Waals surface area contributed by atoms with Crippen molar-refractivity contribution in [3.63, 3.8) is 0 Å². The molecule has 16 heavy (non-hydrogen) atoms. The van der Waals surface area contributed by atoms with Gasteiger partial charge in [-0.2, -0.15) is 5.10 Å². The molecule has 0 saturated heterocycles. The van der Waals surface area contributed by atoms with Crippen LogP contribution in [0.4, 0.5) is 5.69 Å². The third kappa shape index (κ3) is 2.27. The van der Waals surface area contributed by atoms with Gasteiger partial charge in [-0.3, -0.25) is 10.1 Å². The molecule has 7 heteroatoms. The summed E-state index contributed by atoms with van der Waals surface area (Å²) < 4.78 is 1.43. The third-order valence-corrected chi connectivity index (χ3v) is 1.85. The Morgan fingerprint density at radius 2 is 1.88 bits per heavy atom. The molecule has 7 nitrogen and oxygen atoms in total. The van der Waals surface area contributed by atoms with Gasteiger partial charge in [-0.15, -0.1) is 10.2 Å². The average Bonchev–Trinajstić information content (AvgIpc) is 2.80. The van der Waals surface area contributed by atoms with E-state index in [0.717, 1.165) is 5.56 Å². The van der Waals surface area contributed by atoms with E-state index in [0.29, 0.717) is 0 Å². The van der Waals surface area contributed by atoms with Crippen molar-refractivity contribution in [2.24, 2.45) is 5.10 Å². The number of rotatable bonds is 3. The zero-order chi connectivity index (χ0) is 11.4. The van der Waals surface area contributed by atoms with Gasteiger partial charge in [0, 0.05) is 12.1 Å². The average molecular weight is 217 g/mol. The molecule has 0 bridgehead atoms. The lowest BCUT2D eigenvalue weighted by molar-refractivity contribution is -0.384. The van der Waals surface area contributed by atoms with Gasteiger partial charge in [0.2, 0.25) is 0 Å². The molecule has 0 spiro atoms. The van der Waals surface area contributed by atoms with Crippen LogP contribution in [0, 0.1) is 10.1 Å². The molecule has 1 aromatic carbocycles. The van der Waals surface area contributed by atoms with Crippen LogP contribution >= 0.6 is 0 Å². The SMILES string of the molecule is O=[N+]([O-])c1ccc(/C=N/n2cnnc2)cc1. The van der Waals surface area contributed by atoms with Gasteiger partial charge >= 0.3 is 0 Å². The van der Waals surface area contributed by atoms with Crippen molar-refractivity contribution in [3.05, 3.63) is 52.6 Å². The number of nitrogens with zero attached hydrogens (tertiary/aromatic N) is 5. The van der Waals surface area contributed by atoms with Gasteiger partial charge in [0.1, 0.15) is 12.7 Å². The van der Waals surface area contributed by atoms with Crippen LogP contribution in [0.15, 0.2) is 42.0 Å². The number of nitro benzene ring substituents is 1. The Kier molecular flexibility index (Phi) is 2.68. The Balaban J connectivity index is 2.14. The molecule has 0 N–H and O–H groups in total. The number of hydrogen-bond acceptors (Lipinski definition) is 5. The van der Waals surface area contributed by atoms with E-state index in [1.54, 1.807) is 18.3 Å².